The van der Waals surface area contributed by atoms with Crippen LogP contribution in [0.15, 0.2) is 47.4 Å². The highest BCUT2D eigenvalue weighted by Gasteiger charge is 2.34. The van der Waals surface area contributed by atoms with Gasteiger partial charge >= 0.3 is 0 Å². The molecule has 2 aliphatic rings. The maximum atomic E-state index is 12.3. The molecule has 0 spiro atoms. The first-order valence-electron chi connectivity index (χ1n) is 8.93. The third-order valence-corrected chi connectivity index (χ3v) is 4.71. The number of nitrogens with zero attached hydrogens (tertiary/aromatic N) is 5. The van der Waals surface area contributed by atoms with Crippen LogP contribution in [0.3, 0.4) is 0 Å². The minimum atomic E-state index is -0.137. The van der Waals surface area contributed by atoms with Gasteiger partial charge in [0, 0.05) is 18.3 Å². The van der Waals surface area contributed by atoms with Gasteiger partial charge in [-0.2, -0.15) is 4.98 Å². The minimum absolute atomic E-state index is 0.0856. The van der Waals surface area contributed by atoms with E-state index >= 15 is 0 Å². The number of ether oxygens (including phenoxy) is 1. The second-order valence-electron chi connectivity index (χ2n) is 6.77. The van der Waals surface area contributed by atoms with E-state index in [1.165, 1.54) is 12.4 Å². The van der Waals surface area contributed by atoms with Gasteiger partial charge in [-0.1, -0.05) is 17.3 Å². The molecule has 2 aromatic heterocycles. The van der Waals surface area contributed by atoms with Crippen LogP contribution >= 0.6 is 0 Å². The van der Waals surface area contributed by atoms with Crippen molar-refractivity contribution < 1.29 is 14.1 Å². The van der Waals surface area contributed by atoms with Crippen LogP contribution in [0.4, 0.5) is 0 Å². The van der Waals surface area contributed by atoms with E-state index in [2.05, 4.69) is 20.1 Å². The highest BCUT2D eigenvalue weighted by atomic mass is 16.5. The fourth-order valence-corrected chi connectivity index (χ4v) is 3.03. The largest absolute Gasteiger partial charge is 0.486 e. The third-order valence-electron chi connectivity index (χ3n) is 4.71. The Labute approximate surface area is 155 Å². The first-order chi connectivity index (χ1) is 13.3. The van der Waals surface area contributed by atoms with Crippen LogP contribution in [-0.2, 0) is 0 Å². The third kappa shape index (κ3) is 3.14. The molecule has 0 bridgehead atoms. The van der Waals surface area contributed by atoms with Crippen molar-refractivity contribution in [2.75, 3.05) is 13.1 Å². The zero-order chi connectivity index (χ0) is 18.2. The minimum Gasteiger partial charge on any atom is -0.486 e. The number of carbonyl (C=O) groups is 1. The van der Waals surface area contributed by atoms with Gasteiger partial charge in [-0.15, -0.1) is 0 Å². The molecule has 1 aliphatic carbocycles. The molecular formula is C19H17N5O3. The Morgan fingerprint density at radius 3 is 2.81 bits per heavy atom. The summed E-state index contributed by atoms with van der Waals surface area (Å²) < 4.78 is 11.5. The lowest BCUT2D eigenvalue weighted by molar-refractivity contribution is 0.0175. The van der Waals surface area contributed by atoms with Gasteiger partial charge in [-0.25, -0.2) is 4.98 Å². The van der Waals surface area contributed by atoms with Crippen molar-refractivity contribution in [3.05, 3.63) is 54.4 Å². The summed E-state index contributed by atoms with van der Waals surface area (Å²) in [4.78, 5) is 26.5. The van der Waals surface area contributed by atoms with E-state index in [9.17, 15) is 4.79 Å². The van der Waals surface area contributed by atoms with E-state index in [-0.39, 0.29) is 12.0 Å². The lowest BCUT2D eigenvalue weighted by Crippen LogP contribution is -2.56. The molecule has 1 aromatic carbocycles. The zero-order valence-corrected chi connectivity index (χ0v) is 14.5. The highest BCUT2D eigenvalue weighted by molar-refractivity contribution is 5.92. The molecule has 1 aliphatic heterocycles. The Hall–Kier alpha value is -3.29. The predicted molar refractivity (Wildman–Crippen MR) is 94.1 cm³/mol. The molecule has 0 atom stereocenters. The zero-order valence-electron chi connectivity index (χ0n) is 14.5. The van der Waals surface area contributed by atoms with Gasteiger partial charge in [0.25, 0.3) is 11.8 Å². The Bertz CT molecular complexity index is 964. The van der Waals surface area contributed by atoms with E-state index in [1.54, 1.807) is 11.1 Å². The number of amides is 1. The van der Waals surface area contributed by atoms with Gasteiger partial charge in [0.1, 0.15) is 17.5 Å². The molecule has 1 amide bonds. The molecule has 2 fully saturated rings. The molecule has 1 saturated carbocycles. The number of para-hydroxylation sites is 1. The highest BCUT2D eigenvalue weighted by Crippen LogP contribution is 2.39. The van der Waals surface area contributed by atoms with Gasteiger partial charge in [-0.05, 0) is 25.0 Å². The van der Waals surface area contributed by atoms with Crippen LogP contribution in [-0.4, -0.2) is 50.1 Å². The molecule has 27 heavy (non-hydrogen) atoms. The van der Waals surface area contributed by atoms with Crippen molar-refractivity contribution >= 4 is 5.91 Å². The smallest absolute Gasteiger partial charge is 0.274 e. The average molecular weight is 363 g/mol. The lowest BCUT2D eigenvalue weighted by atomic mass is 10.1. The van der Waals surface area contributed by atoms with Gasteiger partial charge in [0.15, 0.2) is 5.82 Å². The molecule has 3 aromatic rings. The van der Waals surface area contributed by atoms with Gasteiger partial charge in [0.2, 0.25) is 0 Å². The van der Waals surface area contributed by atoms with Crippen LogP contribution in [0.25, 0.3) is 11.5 Å². The van der Waals surface area contributed by atoms with Crippen LogP contribution in [0.1, 0.15) is 35.1 Å². The first kappa shape index (κ1) is 15.9. The summed E-state index contributed by atoms with van der Waals surface area (Å²) in [6, 6.07) is 7.59. The molecule has 1 saturated heterocycles. The summed E-state index contributed by atoms with van der Waals surface area (Å²) in [6.45, 7) is 1.00. The molecule has 0 N–H and O–H groups in total. The predicted octanol–water partition coefficient (Wildman–Crippen LogP) is 2.31. The number of hydrogen-bond donors (Lipinski definition) is 0. The summed E-state index contributed by atoms with van der Waals surface area (Å²) in [5.41, 5.74) is 1.12. The first-order valence-corrected chi connectivity index (χ1v) is 8.93. The molecule has 136 valence electrons. The van der Waals surface area contributed by atoms with Crippen molar-refractivity contribution in [2.24, 2.45) is 0 Å². The Balaban J connectivity index is 1.26. The van der Waals surface area contributed by atoms with Gasteiger partial charge < -0.3 is 14.2 Å². The standard InChI is InChI=1S/C19H17N5O3/c25-19(15-9-20-7-8-21-15)24-10-13(11-24)26-16-4-2-1-3-14(16)18-22-17(23-27-18)12-5-6-12/h1-4,7-9,12-13H,5-6,10-11H2. The number of aromatic nitrogens is 4. The molecule has 8 heteroatoms. The van der Waals surface area contributed by atoms with Crippen LogP contribution in [0.2, 0.25) is 0 Å². The summed E-state index contributed by atoms with van der Waals surface area (Å²) in [5.74, 6) is 2.22. The second kappa shape index (κ2) is 6.46. The molecule has 8 nitrogen and oxygen atoms in total. The summed E-state index contributed by atoms with van der Waals surface area (Å²) in [6.07, 6.45) is 6.68. The Morgan fingerprint density at radius 1 is 1.19 bits per heavy atom. The lowest BCUT2D eigenvalue weighted by Gasteiger charge is -2.38. The summed E-state index contributed by atoms with van der Waals surface area (Å²) in [5, 5.41) is 4.07. The normalized spacial score (nSPS) is 16.8. The molecule has 0 radical (unpaired) electrons. The van der Waals surface area contributed by atoms with Gasteiger partial charge in [-0.3, -0.25) is 9.78 Å². The number of benzene rings is 1. The van der Waals surface area contributed by atoms with Gasteiger partial charge in [0.05, 0.1) is 24.8 Å². The van der Waals surface area contributed by atoms with E-state index in [0.29, 0.717) is 36.3 Å². The quantitative estimate of drug-likeness (QED) is 0.686. The van der Waals surface area contributed by atoms with E-state index in [0.717, 1.165) is 24.2 Å². The average Bonchev–Trinajstić information content (AvgIpc) is 3.42. The summed E-state index contributed by atoms with van der Waals surface area (Å²) in [7, 11) is 0. The van der Waals surface area contributed by atoms with Crippen LogP contribution < -0.4 is 4.74 Å². The molecule has 5 rings (SSSR count). The Kier molecular flexibility index (Phi) is 3.81. The van der Waals surface area contributed by atoms with E-state index in [4.69, 9.17) is 9.26 Å². The monoisotopic (exact) mass is 363 g/mol. The second-order valence-corrected chi connectivity index (χ2v) is 6.77. The Morgan fingerprint density at radius 2 is 2.04 bits per heavy atom. The van der Waals surface area contributed by atoms with Crippen LogP contribution in [0, 0.1) is 0 Å². The SMILES string of the molecule is O=C(c1cnccn1)N1CC(Oc2ccccc2-c2nc(C3CC3)no2)C1. The number of hydrogen-bond acceptors (Lipinski definition) is 7. The number of carbonyl (C=O) groups excluding carboxylic acids is 1. The fraction of sp³-hybridized carbons (Fsp3) is 0.316. The van der Waals surface area contributed by atoms with Crippen molar-refractivity contribution in [2.45, 2.75) is 24.9 Å². The summed E-state index contributed by atoms with van der Waals surface area (Å²) >= 11 is 0. The van der Waals surface area contributed by atoms with E-state index in [1.807, 2.05) is 24.3 Å². The van der Waals surface area contributed by atoms with Crippen molar-refractivity contribution in [1.82, 2.24) is 25.0 Å². The van der Waals surface area contributed by atoms with Crippen molar-refractivity contribution in [1.29, 1.82) is 0 Å². The van der Waals surface area contributed by atoms with E-state index < -0.39 is 0 Å². The van der Waals surface area contributed by atoms with Crippen molar-refractivity contribution in [3.63, 3.8) is 0 Å². The van der Waals surface area contributed by atoms with Crippen molar-refractivity contribution in [3.8, 4) is 17.2 Å². The number of likely N-dealkylation sites (tertiary alicyclic amines) is 1. The van der Waals surface area contributed by atoms with Crippen LogP contribution in [0.5, 0.6) is 5.75 Å². The topological polar surface area (TPSA) is 94.2 Å². The molecule has 0 unspecified atom stereocenters. The molecule has 3 heterocycles. The maximum absolute atomic E-state index is 12.3. The molecular weight excluding hydrogens is 346 g/mol. The fourth-order valence-electron chi connectivity index (χ4n) is 3.03. The number of rotatable bonds is 5. The maximum Gasteiger partial charge on any atom is 0.274 e.